The molecule has 0 bridgehead atoms. The summed E-state index contributed by atoms with van der Waals surface area (Å²) in [4.78, 5) is 7.18. The fourth-order valence-corrected chi connectivity index (χ4v) is 2.82. The molecule has 1 heterocycles. The Morgan fingerprint density at radius 1 is 1.39 bits per heavy atom. The highest BCUT2D eigenvalue weighted by molar-refractivity contribution is 4.99. The lowest BCUT2D eigenvalue weighted by atomic mass is 9.85. The van der Waals surface area contributed by atoms with Crippen LogP contribution in [0, 0.1) is 5.92 Å². The summed E-state index contributed by atoms with van der Waals surface area (Å²) in [6, 6.07) is 0.243. The minimum Gasteiger partial charge on any atom is -0.351 e. The molecule has 2 rings (SSSR count). The molecular weight excluding hydrogens is 222 g/mol. The molecule has 0 saturated heterocycles. The smallest absolute Gasteiger partial charge is 0.0923 e. The predicted octanol–water partition coefficient (Wildman–Crippen LogP) is 3.20. The van der Waals surface area contributed by atoms with Crippen LogP contribution < -0.4 is 5.73 Å². The Labute approximate surface area is 110 Å². The van der Waals surface area contributed by atoms with Crippen LogP contribution in [0.15, 0.2) is 24.7 Å². The highest BCUT2D eigenvalue weighted by atomic mass is 14.9. The van der Waals surface area contributed by atoms with Crippen LogP contribution in [0.2, 0.25) is 0 Å². The molecule has 1 fully saturated rings. The van der Waals surface area contributed by atoms with Gasteiger partial charge in [-0.3, -0.25) is 0 Å². The van der Waals surface area contributed by atoms with Crippen molar-refractivity contribution in [3.05, 3.63) is 30.4 Å². The fourth-order valence-electron chi connectivity index (χ4n) is 2.82. The second-order valence-electron chi connectivity index (χ2n) is 5.43. The maximum Gasteiger partial charge on any atom is 0.0923 e. The van der Waals surface area contributed by atoms with Crippen molar-refractivity contribution in [2.45, 2.75) is 57.4 Å². The van der Waals surface area contributed by atoms with Gasteiger partial charge in [0, 0.05) is 12.2 Å². The number of hydrogen-bond donors (Lipinski definition) is 2. The van der Waals surface area contributed by atoms with Crippen molar-refractivity contribution < 1.29 is 0 Å². The van der Waals surface area contributed by atoms with E-state index in [-0.39, 0.29) is 6.04 Å². The molecule has 3 heteroatoms. The quantitative estimate of drug-likeness (QED) is 0.758. The molecule has 1 atom stereocenters. The van der Waals surface area contributed by atoms with Gasteiger partial charge in [0.1, 0.15) is 0 Å². The Bertz CT molecular complexity index is 337. The Balaban J connectivity index is 1.62. The van der Waals surface area contributed by atoms with E-state index in [4.69, 9.17) is 5.73 Å². The van der Waals surface area contributed by atoms with Crippen LogP contribution in [0.3, 0.4) is 0 Å². The maximum absolute atomic E-state index is 6.16. The summed E-state index contributed by atoms with van der Waals surface area (Å²) < 4.78 is 0. The van der Waals surface area contributed by atoms with Crippen molar-refractivity contribution in [2.75, 3.05) is 0 Å². The first-order valence-electron chi connectivity index (χ1n) is 7.24. The van der Waals surface area contributed by atoms with Gasteiger partial charge in [0.15, 0.2) is 0 Å². The third-order valence-corrected chi connectivity index (χ3v) is 3.84. The molecule has 18 heavy (non-hydrogen) atoms. The van der Waals surface area contributed by atoms with Gasteiger partial charge in [-0.25, -0.2) is 4.98 Å². The van der Waals surface area contributed by atoms with Crippen LogP contribution in [0.5, 0.6) is 0 Å². The van der Waals surface area contributed by atoms with Crippen LogP contribution >= 0.6 is 0 Å². The van der Waals surface area contributed by atoms with Crippen molar-refractivity contribution in [3.8, 4) is 0 Å². The average molecular weight is 247 g/mol. The molecule has 1 saturated carbocycles. The predicted molar refractivity (Wildman–Crippen MR) is 75.2 cm³/mol. The van der Waals surface area contributed by atoms with Gasteiger partial charge in [0.05, 0.1) is 12.0 Å². The van der Waals surface area contributed by atoms with Gasteiger partial charge >= 0.3 is 0 Å². The number of nitrogens with two attached hydrogens (primary N) is 1. The van der Waals surface area contributed by atoms with Crippen LogP contribution in [0.1, 0.15) is 50.6 Å². The second kappa shape index (κ2) is 7.37. The van der Waals surface area contributed by atoms with E-state index < -0.39 is 0 Å². The molecule has 0 spiro atoms. The first kappa shape index (κ1) is 13.3. The lowest BCUT2D eigenvalue weighted by Crippen LogP contribution is -2.22. The second-order valence-corrected chi connectivity index (χ2v) is 5.43. The molecule has 1 aromatic heterocycles. The molecule has 100 valence electrons. The summed E-state index contributed by atoms with van der Waals surface area (Å²) in [6.07, 6.45) is 18.3. The van der Waals surface area contributed by atoms with Gasteiger partial charge in [-0.15, -0.1) is 0 Å². The number of rotatable bonds is 6. The molecule has 0 aliphatic heterocycles. The normalized spacial score (nSPS) is 19.4. The zero-order chi connectivity index (χ0) is 12.6. The van der Waals surface area contributed by atoms with Crippen molar-refractivity contribution in [2.24, 2.45) is 11.7 Å². The number of allylic oxidation sites excluding steroid dienone is 1. The zero-order valence-corrected chi connectivity index (χ0v) is 11.1. The number of aromatic amines is 1. The summed E-state index contributed by atoms with van der Waals surface area (Å²) in [5.41, 5.74) is 7.28. The maximum atomic E-state index is 6.16. The summed E-state index contributed by atoms with van der Waals surface area (Å²) in [7, 11) is 0. The van der Waals surface area contributed by atoms with E-state index in [9.17, 15) is 0 Å². The molecule has 1 aliphatic rings. The zero-order valence-electron chi connectivity index (χ0n) is 11.1. The van der Waals surface area contributed by atoms with E-state index >= 15 is 0 Å². The lowest BCUT2D eigenvalue weighted by molar-refractivity contribution is 0.329. The topological polar surface area (TPSA) is 54.7 Å². The van der Waals surface area contributed by atoms with Crippen molar-refractivity contribution >= 4 is 0 Å². The van der Waals surface area contributed by atoms with Crippen LogP contribution in [0.4, 0.5) is 0 Å². The van der Waals surface area contributed by atoms with Gasteiger partial charge in [-0.05, 0) is 25.2 Å². The molecular formula is C15H25N3. The Hall–Kier alpha value is -1.09. The van der Waals surface area contributed by atoms with E-state index in [0.717, 1.165) is 24.5 Å². The number of aromatic nitrogens is 2. The molecule has 1 aliphatic carbocycles. The molecule has 0 aromatic carbocycles. The third kappa shape index (κ3) is 4.65. The van der Waals surface area contributed by atoms with Gasteiger partial charge in [0.2, 0.25) is 0 Å². The van der Waals surface area contributed by atoms with E-state index in [0.29, 0.717) is 0 Å². The first-order valence-corrected chi connectivity index (χ1v) is 7.24. The Morgan fingerprint density at radius 3 is 2.94 bits per heavy atom. The minimum absolute atomic E-state index is 0.243. The third-order valence-electron chi connectivity index (χ3n) is 3.84. The summed E-state index contributed by atoms with van der Waals surface area (Å²) in [5.74, 6) is 0.866. The summed E-state index contributed by atoms with van der Waals surface area (Å²) in [5, 5.41) is 0. The molecule has 3 N–H and O–H groups in total. The number of H-pyrrole nitrogens is 1. The first-order chi connectivity index (χ1) is 8.84. The van der Waals surface area contributed by atoms with Gasteiger partial charge in [-0.2, -0.15) is 0 Å². The van der Waals surface area contributed by atoms with Gasteiger partial charge < -0.3 is 10.7 Å². The standard InChI is InChI=1S/C15H25N3/c16-14(10-13-6-2-1-3-7-13)8-4-5-9-15-11-17-12-18-15/h4,8,11-14H,1-3,5-7,9-10,16H2,(H,17,18)/b8-4+. The van der Waals surface area contributed by atoms with Crippen LogP contribution in [-0.2, 0) is 6.42 Å². The highest BCUT2D eigenvalue weighted by Gasteiger charge is 2.15. The molecule has 1 aromatic rings. The Kier molecular flexibility index (Phi) is 5.46. The van der Waals surface area contributed by atoms with Crippen molar-refractivity contribution in [1.82, 2.24) is 9.97 Å². The lowest BCUT2D eigenvalue weighted by Gasteiger charge is -2.23. The van der Waals surface area contributed by atoms with E-state index in [2.05, 4.69) is 22.1 Å². The van der Waals surface area contributed by atoms with Crippen LogP contribution in [-0.4, -0.2) is 16.0 Å². The number of aryl methyl sites for hydroxylation is 1. The van der Waals surface area contributed by atoms with Gasteiger partial charge in [0.25, 0.3) is 0 Å². The van der Waals surface area contributed by atoms with E-state index in [1.165, 1.54) is 38.5 Å². The van der Waals surface area contributed by atoms with E-state index in [1.54, 1.807) is 6.33 Å². The van der Waals surface area contributed by atoms with E-state index in [1.807, 2.05) is 6.20 Å². The number of imidazole rings is 1. The number of hydrogen-bond acceptors (Lipinski definition) is 2. The monoisotopic (exact) mass is 247 g/mol. The average Bonchev–Trinajstić information content (AvgIpc) is 2.89. The molecule has 3 nitrogen and oxygen atoms in total. The SMILES string of the molecule is NC(/C=C/CCc1c[nH]cn1)CC1CCCCC1. The fraction of sp³-hybridized carbons (Fsp3) is 0.667. The van der Waals surface area contributed by atoms with Crippen LogP contribution in [0.25, 0.3) is 0 Å². The summed E-state index contributed by atoms with van der Waals surface area (Å²) in [6.45, 7) is 0. The largest absolute Gasteiger partial charge is 0.351 e. The number of nitrogens with zero attached hydrogens (tertiary/aromatic N) is 1. The molecule has 1 unspecified atom stereocenters. The van der Waals surface area contributed by atoms with Gasteiger partial charge in [-0.1, -0.05) is 44.3 Å². The highest BCUT2D eigenvalue weighted by Crippen LogP contribution is 2.27. The summed E-state index contributed by atoms with van der Waals surface area (Å²) >= 11 is 0. The Morgan fingerprint density at radius 2 is 2.22 bits per heavy atom. The number of nitrogens with one attached hydrogen (secondary N) is 1. The minimum atomic E-state index is 0.243. The van der Waals surface area contributed by atoms with Crippen molar-refractivity contribution in [3.63, 3.8) is 0 Å². The van der Waals surface area contributed by atoms with Crippen molar-refractivity contribution in [1.29, 1.82) is 0 Å². The molecule has 0 radical (unpaired) electrons. The molecule has 0 amide bonds.